The molecule has 4 nitrogen and oxygen atoms in total. The normalized spacial score (nSPS) is 16.9. The lowest BCUT2D eigenvalue weighted by molar-refractivity contribution is 0.463. The van der Waals surface area contributed by atoms with Crippen molar-refractivity contribution < 1.29 is 0 Å². The van der Waals surface area contributed by atoms with Gasteiger partial charge in [-0.15, -0.1) is 0 Å². The maximum atomic E-state index is 11.7. The Morgan fingerprint density at radius 2 is 2.00 bits per heavy atom. The molecule has 0 saturated heterocycles. The summed E-state index contributed by atoms with van der Waals surface area (Å²) in [7, 11) is 0. The van der Waals surface area contributed by atoms with E-state index in [1.807, 2.05) is 12.3 Å². The topological polar surface area (TPSA) is 57.8 Å². The van der Waals surface area contributed by atoms with Gasteiger partial charge in [-0.1, -0.05) is 19.3 Å². The molecule has 0 spiro atoms. The summed E-state index contributed by atoms with van der Waals surface area (Å²) < 4.78 is 0. The second-order valence-corrected chi connectivity index (χ2v) is 4.93. The molecular weight excluding hydrogens is 226 g/mol. The number of hydrogen-bond donors (Lipinski definition) is 2. The number of anilines is 1. The van der Waals surface area contributed by atoms with Crippen LogP contribution < -0.4 is 10.9 Å². The van der Waals surface area contributed by atoms with Gasteiger partial charge in [-0.25, -0.2) is 0 Å². The van der Waals surface area contributed by atoms with Crippen molar-refractivity contribution >= 4 is 16.5 Å². The number of nitrogens with one attached hydrogen (secondary N) is 2. The SMILES string of the molecule is O=c1[nH]ccc2c(NC3CCCCC3)cncc12. The molecule has 4 heteroatoms. The fraction of sp³-hybridized carbons (Fsp3) is 0.429. The van der Waals surface area contributed by atoms with Crippen molar-refractivity contribution in [3.8, 4) is 0 Å². The van der Waals surface area contributed by atoms with Gasteiger partial charge in [0.05, 0.1) is 17.3 Å². The molecule has 0 radical (unpaired) electrons. The quantitative estimate of drug-likeness (QED) is 0.852. The van der Waals surface area contributed by atoms with Gasteiger partial charge in [0.2, 0.25) is 0 Å². The molecule has 0 amide bonds. The van der Waals surface area contributed by atoms with Crippen LogP contribution in [0.15, 0.2) is 29.5 Å². The maximum absolute atomic E-state index is 11.7. The molecule has 0 aliphatic heterocycles. The van der Waals surface area contributed by atoms with Gasteiger partial charge >= 0.3 is 0 Å². The number of aromatic amines is 1. The smallest absolute Gasteiger partial charge is 0.257 e. The summed E-state index contributed by atoms with van der Waals surface area (Å²) in [5.41, 5.74) is 0.901. The third-order valence-electron chi connectivity index (χ3n) is 3.66. The van der Waals surface area contributed by atoms with Gasteiger partial charge < -0.3 is 10.3 Å². The minimum absolute atomic E-state index is 0.0766. The van der Waals surface area contributed by atoms with Gasteiger partial charge in [0.1, 0.15) is 0 Å². The summed E-state index contributed by atoms with van der Waals surface area (Å²) in [5.74, 6) is 0. The van der Waals surface area contributed by atoms with Crippen molar-refractivity contribution in [2.75, 3.05) is 5.32 Å². The van der Waals surface area contributed by atoms with Crippen molar-refractivity contribution in [2.45, 2.75) is 38.1 Å². The highest BCUT2D eigenvalue weighted by molar-refractivity contribution is 5.92. The van der Waals surface area contributed by atoms with E-state index in [4.69, 9.17) is 0 Å². The molecule has 1 fully saturated rings. The predicted molar refractivity (Wildman–Crippen MR) is 72.9 cm³/mol. The van der Waals surface area contributed by atoms with E-state index in [1.165, 1.54) is 32.1 Å². The Hall–Kier alpha value is -1.84. The Morgan fingerprint density at radius 3 is 2.83 bits per heavy atom. The monoisotopic (exact) mass is 243 g/mol. The summed E-state index contributed by atoms with van der Waals surface area (Å²) in [6, 6.07) is 2.45. The number of rotatable bonds is 2. The molecule has 0 aromatic carbocycles. The van der Waals surface area contributed by atoms with E-state index < -0.39 is 0 Å². The summed E-state index contributed by atoms with van der Waals surface area (Å²) in [6.07, 6.45) is 11.5. The van der Waals surface area contributed by atoms with Gasteiger partial charge in [0.15, 0.2) is 0 Å². The van der Waals surface area contributed by atoms with E-state index in [0.29, 0.717) is 11.4 Å². The molecule has 1 aliphatic rings. The number of hydrogen-bond acceptors (Lipinski definition) is 3. The molecule has 0 bridgehead atoms. The van der Waals surface area contributed by atoms with Crippen molar-refractivity contribution in [3.63, 3.8) is 0 Å². The fourth-order valence-electron chi connectivity index (χ4n) is 2.69. The van der Waals surface area contributed by atoms with Crippen LogP contribution in [0.3, 0.4) is 0 Å². The minimum Gasteiger partial charge on any atom is -0.381 e. The Balaban J connectivity index is 1.96. The number of nitrogens with zero attached hydrogens (tertiary/aromatic N) is 1. The molecule has 0 unspecified atom stereocenters. The van der Waals surface area contributed by atoms with Crippen LogP contribution in [0.4, 0.5) is 5.69 Å². The lowest BCUT2D eigenvalue weighted by atomic mass is 9.95. The average Bonchev–Trinajstić information content (AvgIpc) is 2.41. The van der Waals surface area contributed by atoms with Crippen LogP contribution in [0.5, 0.6) is 0 Å². The summed E-state index contributed by atoms with van der Waals surface area (Å²) in [6.45, 7) is 0. The van der Waals surface area contributed by atoms with E-state index in [1.54, 1.807) is 12.4 Å². The zero-order valence-corrected chi connectivity index (χ0v) is 10.3. The van der Waals surface area contributed by atoms with E-state index in [-0.39, 0.29) is 5.56 Å². The Labute approximate surface area is 105 Å². The highest BCUT2D eigenvalue weighted by Crippen LogP contribution is 2.25. The zero-order valence-electron chi connectivity index (χ0n) is 10.3. The van der Waals surface area contributed by atoms with E-state index in [2.05, 4.69) is 15.3 Å². The molecule has 2 heterocycles. The zero-order chi connectivity index (χ0) is 12.4. The van der Waals surface area contributed by atoms with Crippen molar-refractivity contribution in [1.82, 2.24) is 9.97 Å². The van der Waals surface area contributed by atoms with Crippen molar-refractivity contribution in [2.24, 2.45) is 0 Å². The molecule has 2 N–H and O–H groups in total. The van der Waals surface area contributed by atoms with Crippen LogP contribution >= 0.6 is 0 Å². The highest BCUT2D eigenvalue weighted by atomic mass is 16.1. The first-order valence-electron chi connectivity index (χ1n) is 6.56. The molecule has 2 aromatic heterocycles. The van der Waals surface area contributed by atoms with Crippen LogP contribution in [0, 0.1) is 0 Å². The molecule has 1 saturated carbocycles. The first-order chi connectivity index (χ1) is 8.84. The highest BCUT2D eigenvalue weighted by Gasteiger charge is 2.14. The van der Waals surface area contributed by atoms with Crippen LogP contribution in [0.1, 0.15) is 32.1 Å². The number of aromatic nitrogens is 2. The van der Waals surface area contributed by atoms with Crippen LogP contribution in [0.2, 0.25) is 0 Å². The summed E-state index contributed by atoms with van der Waals surface area (Å²) in [4.78, 5) is 18.5. The third kappa shape index (κ3) is 2.10. The predicted octanol–water partition coefficient (Wildman–Crippen LogP) is 2.67. The van der Waals surface area contributed by atoms with Gasteiger partial charge in [0, 0.05) is 23.8 Å². The van der Waals surface area contributed by atoms with Crippen LogP contribution in [-0.2, 0) is 0 Å². The minimum atomic E-state index is -0.0766. The molecule has 3 rings (SSSR count). The maximum Gasteiger partial charge on any atom is 0.257 e. The fourth-order valence-corrected chi connectivity index (χ4v) is 2.69. The van der Waals surface area contributed by atoms with Crippen molar-refractivity contribution in [1.29, 1.82) is 0 Å². The molecular formula is C14H17N3O. The summed E-state index contributed by atoms with van der Waals surface area (Å²) in [5, 5.41) is 5.14. The van der Waals surface area contributed by atoms with Gasteiger partial charge in [-0.05, 0) is 18.9 Å². The Bertz CT molecular complexity index is 599. The first kappa shape index (κ1) is 11.3. The van der Waals surface area contributed by atoms with E-state index in [0.717, 1.165) is 11.1 Å². The molecule has 18 heavy (non-hydrogen) atoms. The standard InChI is InChI=1S/C14H17N3O/c18-14-12-8-15-9-13(11(12)6-7-16-14)17-10-4-2-1-3-5-10/h6-10,17H,1-5H2,(H,16,18). The van der Waals surface area contributed by atoms with Gasteiger partial charge in [0.25, 0.3) is 5.56 Å². The molecule has 94 valence electrons. The average molecular weight is 243 g/mol. The number of pyridine rings is 2. The lowest BCUT2D eigenvalue weighted by Crippen LogP contribution is -2.22. The second kappa shape index (κ2) is 4.80. The first-order valence-corrected chi connectivity index (χ1v) is 6.56. The number of H-pyrrole nitrogens is 1. The number of fused-ring (bicyclic) bond motifs is 1. The second-order valence-electron chi connectivity index (χ2n) is 4.93. The lowest BCUT2D eigenvalue weighted by Gasteiger charge is -2.24. The Morgan fingerprint density at radius 1 is 1.17 bits per heavy atom. The van der Waals surface area contributed by atoms with Crippen LogP contribution in [-0.4, -0.2) is 16.0 Å². The largest absolute Gasteiger partial charge is 0.381 e. The van der Waals surface area contributed by atoms with Crippen molar-refractivity contribution in [3.05, 3.63) is 35.0 Å². The molecule has 2 aromatic rings. The van der Waals surface area contributed by atoms with Crippen LogP contribution in [0.25, 0.3) is 10.8 Å². The third-order valence-corrected chi connectivity index (χ3v) is 3.66. The molecule has 0 atom stereocenters. The Kier molecular flexibility index (Phi) is 3.00. The summed E-state index contributed by atoms with van der Waals surface area (Å²) >= 11 is 0. The van der Waals surface area contributed by atoms with Gasteiger partial charge in [-0.3, -0.25) is 9.78 Å². The van der Waals surface area contributed by atoms with Gasteiger partial charge in [-0.2, -0.15) is 0 Å². The van der Waals surface area contributed by atoms with E-state index in [9.17, 15) is 4.79 Å². The molecule has 1 aliphatic carbocycles. The van der Waals surface area contributed by atoms with E-state index >= 15 is 0 Å².